The van der Waals surface area contributed by atoms with E-state index >= 15 is 0 Å². The number of hydrogen-bond acceptors (Lipinski definition) is 2. The Bertz CT molecular complexity index is 909. The first-order chi connectivity index (χ1) is 9.43. The van der Waals surface area contributed by atoms with Crippen LogP contribution >= 0.6 is 0 Å². The van der Waals surface area contributed by atoms with Gasteiger partial charge in [-0.2, -0.15) is 4.57 Å². The Balaban J connectivity index is 2.28. The van der Waals surface area contributed by atoms with Crippen LogP contribution in [0, 0.1) is 0 Å². The van der Waals surface area contributed by atoms with Crippen LogP contribution in [0.4, 0.5) is 0 Å². The van der Waals surface area contributed by atoms with Gasteiger partial charge in [0.2, 0.25) is 5.52 Å². The number of benzene rings is 1. The zero-order chi connectivity index (χ0) is 12.4. The third-order valence-corrected chi connectivity index (χ3v) is 4.01. The number of aromatic nitrogens is 3. The summed E-state index contributed by atoms with van der Waals surface area (Å²) in [6, 6.07) is 10.5. The largest absolute Gasteiger partial charge is 0.254 e. The van der Waals surface area contributed by atoms with Crippen molar-refractivity contribution in [3.8, 4) is 0 Å². The predicted molar refractivity (Wildman–Crippen MR) is 73.8 cm³/mol. The fourth-order valence-corrected chi connectivity index (χ4v) is 3.25. The predicted octanol–water partition coefficient (Wildman–Crippen LogP) is 2.59. The molecule has 0 bridgehead atoms. The van der Waals surface area contributed by atoms with Gasteiger partial charge < -0.3 is 0 Å². The summed E-state index contributed by atoms with van der Waals surface area (Å²) in [5, 5.41) is 3.72. The third-order valence-electron chi connectivity index (χ3n) is 4.01. The first-order valence-electron chi connectivity index (χ1n) is 6.40. The lowest BCUT2D eigenvalue weighted by atomic mass is 10.0. The summed E-state index contributed by atoms with van der Waals surface area (Å²) in [5.74, 6) is 0. The molecule has 3 aromatic heterocycles. The fraction of sp³-hybridized carbons (Fsp3) is 0.0625. The van der Waals surface area contributed by atoms with Crippen molar-refractivity contribution in [3.63, 3.8) is 0 Å². The van der Waals surface area contributed by atoms with Crippen LogP contribution in [-0.4, -0.2) is 9.97 Å². The van der Waals surface area contributed by atoms with Crippen LogP contribution in [0.2, 0.25) is 0 Å². The van der Waals surface area contributed by atoms with Crippen LogP contribution in [0.25, 0.3) is 32.7 Å². The molecule has 0 N–H and O–H groups in total. The Hall–Kier alpha value is -2.55. The van der Waals surface area contributed by atoms with E-state index in [0.29, 0.717) is 0 Å². The van der Waals surface area contributed by atoms with Crippen molar-refractivity contribution >= 4 is 32.7 Å². The summed E-state index contributed by atoms with van der Waals surface area (Å²) in [6.07, 6.45) is 5.88. The van der Waals surface area contributed by atoms with E-state index in [1.165, 1.54) is 27.2 Å². The van der Waals surface area contributed by atoms with E-state index in [4.69, 9.17) is 0 Å². The van der Waals surface area contributed by atoms with Crippen molar-refractivity contribution in [1.29, 1.82) is 0 Å². The highest BCUT2D eigenvalue weighted by atomic mass is 15.0. The van der Waals surface area contributed by atoms with E-state index in [1.807, 2.05) is 18.5 Å². The van der Waals surface area contributed by atoms with E-state index < -0.39 is 0 Å². The zero-order valence-corrected chi connectivity index (χ0v) is 10.2. The second kappa shape index (κ2) is 3.06. The topological polar surface area (TPSA) is 29.7 Å². The van der Waals surface area contributed by atoms with Crippen molar-refractivity contribution in [1.82, 2.24) is 9.97 Å². The van der Waals surface area contributed by atoms with Gasteiger partial charge in [0.15, 0.2) is 12.7 Å². The summed E-state index contributed by atoms with van der Waals surface area (Å²) in [5.41, 5.74) is 4.67. The van der Waals surface area contributed by atoms with Crippen LogP contribution in [0.1, 0.15) is 5.56 Å². The molecule has 19 heavy (non-hydrogen) atoms. The lowest BCUT2D eigenvalue weighted by molar-refractivity contribution is -0.657. The van der Waals surface area contributed by atoms with Gasteiger partial charge in [0, 0.05) is 29.4 Å². The molecule has 0 fully saturated rings. The Morgan fingerprint density at radius 2 is 1.79 bits per heavy atom. The lowest BCUT2D eigenvalue weighted by Crippen LogP contribution is -2.30. The maximum Gasteiger partial charge on any atom is 0.223 e. The molecule has 1 aliphatic rings. The highest BCUT2D eigenvalue weighted by molar-refractivity contribution is 6.21. The summed E-state index contributed by atoms with van der Waals surface area (Å²) < 4.78 is 2.31. The lowest BCUT2D eigenvalue weighted by Gasteiger charge is -2.03. The van der Waals surface area contributed by atoms with Gasteiger partial charge in [-0.25, -0.2) is 0 Å². The van der Waals surface area contributed by atoms with Gasteiger partial charge in [-0.05, 0) is 18.2 Å². The molecular weight excluding hydrogens is 234 g/mol. The first kappa shape index (κ1) is 9.39. The summed E-state index contributed by atoms with van der Waals surface area (Å²) >= 11 is 0. The van der Waals surface area contributed by atoms with Crippen molar-refractivity contribution in [3.05, 3.63) is 54.5 Å². The molecule has 3 heteroatoms. The molecule has 3 nitrogen and oxygen atoms in total. The Morgan fingerprint density at radius 3 is 2.79 bits per heavy atom. The molecule has 0 saturated heterocycles. The van der Waals surface area contributed by atoms with Gasteiger partial charge in [-0.3, -0.25) is 9.97 Å². The Kier molecular flexibility index (Phi) is 1.51. The number of rotatable bonds is 0. The maximum atomic E-state index is 4.58. The molecule has 1 aliphatic heterocycles. The van der Waals surface area contributed by atoms with E-state index in [1.54, 1.807) is 0 Å². The summed E-state index contributed by atoms with van der Waals surface area (Å²) in [4.78, 5) is 9.13. The fourth-order valence-electron chi connectivity index (χ4n) is 3.25. The molecular formula is C16H10N3+. The summed E-state index contributed by atoms with van der Waals surface area (Å²) in [7, 11) is 0. The standard InChI is InChI=1S/C16H10N3/c1-3-11-12-4-2-8-19-9-10-5-7-18-15(13(10)16(12)19)14(11)17-6-1/h1-8H,9H2/q+1. The molecule has 4 aromatic rings. The van der Waals surface area contributed by atoms with Gasteiger partial charge in [-0.15, -0.1) is 0 Å². The SMILES string of the molecule is c1cnc2c(c1)c1ccc[n+]3c1c1c(ccnc21)C3. The third kappa shape index (κ3) is 1.02. The number of pyridine rings is 3. The minimum atomic E-state index is 0.933. The monoisotopic (exact) mass is 244 g/mol. The van der Waals surface area contributed by atoms with Gasteiger partial charge in [0.05, 0.1) is 16.3 Å². The van der Waals surface area contributed by atoms with Gasteiger partial charge in [0.1, 0.15) is 5.52 Å². The van der Waals surface area contributed by atoms with E-state index in [9.17, 15) is 0 Å². The molecule has 5 rings (SSSR count). The van der Waals surface area contributed by atoms with Crippen LogP contribution < -0.4 is 4.57 Å². The molecule has 0 amide bonds. The Labute approximate surface area is 109 Å². The molecule has 4 heterocycles. The van der Waals surface area contributed by atoms with Crippen LogP contribution in [0.5, 0.6) is 0 Å². The molecule has 0 aliphatic carbocycles. The van der Waals surface area contributed by atoms with Gasteiger partial charge >= 0.3 is 0 Å². The van der Waals surface area contributed by atoms with Crippen molar-refractivity contribution in [2.45, 2.75) is 6.54 Å². The summed E-state index contributed by atoms with van der Waals surface area (Å²) in [6.45, 7) is 0.933. The highest BCUT2D eigenvalue weighted by Gasteiger charge is 2.26. The smallest absolute Gasteiger partial charge is 0.223 e. The van der Waals surface area contributed by atoms with E-state index in [0.717, 1.165) is 17.6 Å². The van der Waals surface area contributed by atoms with Crippen molar-refractivity contribution in [2.75, 3.05) is 0 Å². The van der Waals surface area contributed by atoms with Gasteiger partial charge in [-0.1, -0.05) is 6.07 Å². The minimum Gasteiger partial charge on any atom is -0.254 e. The molecule has 0 unspecified atom stereocenters. The van der Waals surface area contributed by atoms with Crippen LogP contribution in [0.15, 0.2) is 48.9 Å². The van der Waals surface area contributed by atoms with Crippen LogP contribution in [0.3, 0.4) is 0 Å². The highest BCUT2D eigenvalue weighted by Crippen LogP contribution is 2.34. The molecule has 1 aromatic carbocycles. The second-order valence-electron chi connectivity index (χ2n) is 4.99. The molecule has 0 radical (unpaired) electrons. The average molecular weight is 244 g/mol. The maximum absolute atomic E-state index is 4.58. The average Bonchev–Trinajstić information content (AvgIpc) is 2.86. The van der Waals surface area contributed by atoms with E-state index in [2.05, 4.69) is 45.0 Å². The normalized spacial score (nSPS) is 13.1. The Morgan fingerprint density at radius 1 is 0.895 bits per heavy atom. The zero-order valence-electron chi connectivity index (χ0n) is 10.2. The molecule has 0 atom stereocenters. The van der Waals surface area contributed by atoms with Gasteiger partial charge in [0.25, 0.3) is 0 Å². The first-order valence-corrected chi connectivity index (χ1v) is 6.40. The number of hydrogen-bond donors (Lipinski definition) is 0. The van der Waals surface area contributed by atoms with Crippen molar-refractivity contribution in [2.24, 2.45) is 0 Å². The molecule has 88 valence electrons. The molecule has 0 spiro atoms. The van der Waals surface area contributed by atoms with Crippen LogP contribution in [-0.2, 0) is 6.54 Å². The number of fused-ring (bicyclic) bond motifs is 3. The molecule has 0 saturated carbocycles. The van der Waals surface area contributed by atoms with E-state index in [-0.39, 0.29) is 0 Å². The second-order valence-corrected chi connectivity index (χ2v) is 4.99. The van der Waals surface area contributed by atoms with Crippen molar-refractivity contribution < 1.29 is 4.57 Å². The quantitative estimate of drug-likeness (QED) is 0.309. The minimum absolute atomic E-state index is 0.933. The number of nitrogens with zero attached hydrogens (tertiary/aromatic N) is 3.